The van der Waals surface area contributed by atoms with E-state index in [0.717, 1.165) is 55.5 Å². The summed E-state index contributed by atoms with van der Waals surface area (Å²) in [5, 5.41) is 19.5. The lowest BCUT2D eigenvalue weighted by molar-refractivity contribution is 0.174. The molecule has 2 aromatic heterocycles. The predicted octanol–water partition coefficient (Wildman–Crippen LogP) is 1.83. The molecule has 1 N–H and O–H groups in total. The Kier molecular flexibility index (Phi) is 4.29. The molecule has 0 saturated heterocycles. The summed E-state index contributed by atoms with van der Waals surface area (Å²) in [6, 6.07) is 9.95. The van der Waals surface area contributed by atoms with Gasteiger partial charge in [0.1, 0.15) is 6.10 Å². The highest BCUT2D eigenvalue weighted by Crippen LogP contribution is 2.33. The molecule has 0 radical (unpaired) electrons. The first-order valence-electron chi connectivity index (χ1n) is 9.51. The van der Waals surface area contributed by atoms with Crippen molar-refractivity contribution in [3.8, 4) is 11.5 Å². The van der Waals surface area contributed by atoms with Crippen LogP contribution < -0.4 is 9.47 Å². The number of aliphatic hydroxyl groups is 1. The first-order valence-corrected chi connectivity index (χ1v) is 9.51. The van der Waals surface area contributed by atoms with Crippen LogP contribution in [-0.4, -0.2) is 42.9 Å². The molecule has 8 heteroatoms. The normalized spacial score (nSPS) is 17.4. The molecular formula is C20H23N5O3. The van der Waals surface area contributed by atoms with Gasteiger partial charge in [-0.2, -0.15) is 10.2 Å². The molecule has 4 heterocycles. The molecular weight excluding hydrogens is 358 g/mol. The van der Waals surface area contributed by atoms with Crippen molar-refractivity contribution >= 4 is 0 Å². The van der Waals surface area contributed by atoms with E-state index in [0.29, 0.717) is 12.5 Å². The number of benzene rings is 1. The van der Waals surface area contributed by atoms with Gasteiger partial charge in [0, 0.05) is 39.4 Å². The molecule has 0 aliphatic carbocycles. The van der Waals surface area contributed by atoms with Crippen molar-refractivity contribution < 1.29 is 14.6 Å². The van der Waals surface area contributed by atoms with Crippen LogP contribution in [-0.2, 0) is 26.7 Å². The Morgan fingerprint density at radius 1 is 1.14 bits per heavy atom. The van der Waals surface area contributed by atoms with Gasteiger partial charge in [-0.25, -0.2) is 0 Å². The Balaban J connectivity index is 1.34. The number of hydrogen-bond donors (Lipinski definition) is 1. The van der Waals surface area contributed by atoms with Gasteiger partial charge in [-0.15, -0.1) is 0 Å². The molecule has 146 valence electrons. The molecule has 0 fully saturated rings. The van der Waals surface area contributed by atoms with Crippen molar-refractivity contribution in [2.75, 3.05) is 13.3 Å². The molecule has 5 rings (SSSR count). The van der Waals surface area contributed by atoms with Crippen molar-refractivity contribution in [1.82, 2.24) is 24.5 Å². The minimum Gasteiger partial charge on any atom is -0.454 e. The Morgan fingerprint density at radius 3 is 2.89 bits per heavy atom. The molecule has 8 nitrogen and oxygen atoms in total. The maximum atomic E-state index is 10.7. The van der Waals surface area contributed by atoms with Crippen molar-refractivity contribution in [2.24, 2.45) is 7.05 Å². The van der Waals surface area contributed by atoms with Crippen LogP contribution in [0.2, 0.25) is 0 Å². The van der Waals surface area contributed by atoms with E-state index < -0.39 is 6.10 Å². The molecule has 0 spiro atoms. The Labute approximate surface area is 162 Å². The third-order valence-electron chi connectivity index (χ3n) is 5.37. The van der Waals surface area contributed by atoms with Crippen LogP contribution in [0.4, 0.5) is 0 Å². The molecule has 0 unspecified atom stereocenters. The van der Waals surface area contributed by atoms with Crippen molar-refractivity contribution in [3.63, 3.8) is 0 Å². The number of aliphatic hydroxyl groups excluding tert-OH is 1. The predicted molar refractivity (Wildman–Crippen MR) is 101 cm³/mol. The summed E-state index contributed by atoms with van der Waals surface area (Å²) in [4.78, 5) is 2.40. The van der Waals surface area contributed by atoms with Crippen molar-refractivity contribution in [1.29, 1.82) is 0 Å². The van der Waals surface area contributed by atoms with E-state index in [4.69, 9.17) is 9.47 Å². The van der Waals surface area contributed by atoms with E-state index in [1.165, 1.54) is 5.56 Å². The molecule has 0 amide bonds. The number of ether oxygens (including phenoxy) is 2. The summed E-state index contributed by atoms with van der Waals surface area (Å²) in [5.74, 6) is 1.63. The van der Waals surface area contributed by atoms with E-state index in [9.17, 15) is 5.11 Å². The second-order valence-corrected chi connectivity index (χ2v) is 7.32. The fourth-order valence-electron chi connectivity index (χ4n) is 3.92. The van der Waals surface area contributed by atoms with Gasteiger partial charge in [0.2, 0.25) is 6.79 Å². The number of hydrogen-bond acceptors (Lipinski definition) is 6. The molecule has 3 aromatic rings. The van der Waals surface area contributed by atoms with Crippen molar-refractivity contribution in [3.05, 3.63) is 59.2 Å². The molecule has 0 bridgehead atoms. The van der Waals surface area contributed by atoms with Gasteiger partial charge in [-0.3, -0.25) is 14.3 Å². The van der Waals surface area contributed by atoms with E-state index in [1.54, 1.807) is 10.9 Å². The molecule has 0 saturated carbocycles. The number of nitrogens with zero attached hydrogens (tertiary/aromatic N) is 5. The SMILES string of the molecule is Cn1nccc1[C@@H](O)c1cc2n(n1)CCCN(Cc1ccc3c(c1)OCO3)C2. The van der Waals surface area contributed by atoms with Crippen LogP contribution in [0, 0.1) is 0 Å². The number of fused-ring (bicyclic) bond motifs is 2. The van der Waals surface area contributed by atoms with Gasteiger partial charge >= 0.3 is 0 Å². The molecule has 1 aromatic carbocycles. The number of aromatic nitrogens is 4. The summed E-state index contributed by atoms with van der Waals surface area (Å²) in [6.45, 7) is 3.77. The second-order valence-electron chi connectivity index (χ2n) is 7.32. The first kappa shape index (κ1) is 17.3. The summed E-state index contributed by atoms with van der Waals surface area (Å²) in [6.07, 6.45) is 1.93. The summed E-state index contributed by atoms with van der Waals surface area (Å²) in [5.41, 5.74) is 3.73. The zero-order valence-corrected chi connectivity index (χ0v) is 15.8. The Hall–Kier alpha value is -2.84. The quantitative estimate of drug-likeness (QED) is 0.743. The van der Waals surface area contributed by atoms with E-state index in [2.05, 4.69) is 27.2 Å². The van der Waals surface area contributed by atoms with Crippen LogP contribution in [0.15, 0.2) is 36.5 Å². The fraction of sp³-hybridized carbons (Fsp3) is 0.400. The largest absolute Gasteiger partial charge is 0.454 e. The lowest BCUT2D eigenvalue weighted by Gasteiger charge is -2.19. The average molecular weight is 381 g/mol. The van der Waals surface area contributed by atoms with Gasteiger partial charge in [0.05, 0.1) is 17.1 Å². The zero-order valence-electron chi connectivity index (χ0n) is 15.8. The minimum atomic E-state index is -0.769. The highest BCUT2D eigenvalue weighted by molar-refractivity contribution is 5.44. The van der Waals surface area contributed by atoms with Crippen LogP contribution in [0.3, 0.4) is 0 Å². The second kappa shape index (κ2) is 6.96. The molecule has 1 atom stereocenters. The molecule has 2 aliphatic rings. The van der Waals surface area contributed by atoms with Gasteiger partial charge < -0.3 is 14.6 Å². The van der Waals surface area contributed by atoms with Gasteiger partial charge in [0.15, 0.2) is 11.5 Å². The highest BCUT2D eigenvalue weighted by Gasteiger charge is 2.23. The van der Waals surface area contributed by atoms with Gasteiger partial charge in [0.25, 0.3) is 0 Å². The van der Waals surface area contributed by atoms with Crippen LogP contribution in [0.25, 0.3) is 0 Å². The maximum absolute atomic E-state index is 10.7. The number of rotatable bonds is 4. The van der Waals surface area contributed by atoms with Crippen LogP contribution >= 0.6 is 0 Å². The van der Waals surface area contributed by atoms with Crippen molar-refractivity contribution in [2.45, 2.75) is 32.2 Å². The Morgan fingerprint density at radius 2 is 2.04 bits per heavy atom. The lowest BCUT2D eigenvalue weighted by Crippen LogP contribution is -2.22. The summed E-state index contributed by atoms with van der Waals surface area (Å²) < 4.78 is 14.6. The third kappa shape index (κ3) is 3.14. The third-order valence-corrected chi connectivity index (χ3v) is 5.37. The standard InChI is InChI=1S/C20H23N5O3/c1-23-17(5-6-21-23)20(26)16-10-15-12-24(7-2-8-25(15)22-16)11-14-3-4-18-19(9-14)28-13-27-18/h3-6,9-10,20,26H,2,7-8,11-13H2,1H3/t20-/m0/s1. The molecule has 28 heavy (non-hydrogen) atoms. The maximum Gasteiger partial charge on any atom is 0.231 e. The van der Waals surface area contributed by atoms with Crippen LogP contribution in [0.5, 0.6) is 11.5 Å². The summed E-state index contributed by atoms with van der Waals surface area (Å²) in [7, 11) is 1.83. The average Bonchev–Trinajstić information content (AvgIpc) is 3.39. The van der Waals surface area contributed by atoms with E-state index >= 15 is 0 Å². The monoisotopic (exact) mass is 381 g/mol. The van der Waals surface area contributed by atoms with Crippen LogP contribution in [0.1, 0.15) is 35.2 Å². The topological polar surface area (TPSA) is 77.6 Å². The smallest absolute Gasteiger partial charge is 0.231 e. The fourth-order valence-corrected chi connectivity index (χ4v) is 3.92. The minimum absolute atomic E-state index is 0.295. The van der Waals surface area contributed by atoms with E-state index in [-0.39, 0.29) is 0 Å². The summed E-state index contributed by atoms with van der Waals surface area (Å²) >= 11 is 0. The lowest BCUT2D eigenvalue weighted by atomic mass is 10.1. The highest BCUT2D eigenvalue weighted by atomic mass is 16.7. The first-order chi connectivity index (χ1) is 13.7. The Bertz CT molecular complexity index is 996. The zero-order chi connectivity index (χ0) is 19.1. The van der Waals surface area contributed by atoms with Gasteiger partial charge in [-0.05, 0) is 36.2 Å². The van der Waals surface area contributed by atoms with Gasteiger partial charge in [-0.1, -0.05) is 6.07 Å². The molecule has 2 aliphatic heterocycles. The number of aryl methyl sites for hydroxylation is 2. The van der Waals surface area contributed by atoms with E-state index in [1.807, 2.05) is 29.9 Å².